The van der Waals surface area contributed by atoms with Crippen LogP contribution in [0.15, 0.2) is 12.3 Å². The third-order valence-corrected chi connectivity index (χ3v) is 2.60. The van der Waals surface area contributed by atoms with Crippen molar-refractivity contribution in [2.24, 2.45) is 5.92 Å². The molecule has 1 heterocycles. The maximum absolute atomic E-state index is 11.2. The van der Waals surface area contributed by atoms with E-state index in [1.165, 1.54) is 11.7 Å². The molecule has 6 nitrogen and oxygen atoms in total. The molecule has 2 atom stereocenters. The molecule has 0 aliphatic heterocycles. The zero-order chi connectivity index (χ0) is 12.3. The zero-order valence-corrected chi connectivity index (χ0v) is 9.47. The van der Waals surface area contributed by atoms with E-state index in [1.807, 2.05) is 0 Å². The van der Waals surface area contributed by atoms with Gasteiger partial charge in [0.25, 0.3) is 5.91 Å². The van der Waals surface area contributed by atoms with Crippen LogP contribution in [0, 0.1) is 5.92 Å². The fraction of sp³-hybridized carbons (Fsp3) is 0.500. The molecule has 0 saturated heterocycles. The van der Waals surface area contributed by atoms with Crippen molar-refractivity contribution in [3.8, 4) is 0 Å². The van der Waals surface area contributed by atoms with Crippen LogP contribution >= 0.6 is 0 Å². The highest BCUT2D eigenvalue weighted by Crippen LogP contribution is 2.16. The number of hydrogen-bond donors (Lipinski definition) is 2. The van der Waals surface area contributed by atoms with Gasteiger partial charge in [0.15, 0.2) is 0 Å². The van der Waals surface area contributed by atoms with E-state index >= 15 is 0 Å². The molecule has 0 aromatic carbocycles. The Morgan fingerprint density at radius 1 is 1.50 bits per heavy atom. The monoisotopic (exact) mass is 225 g/mol. The van der Waals surface area contributed by atoms with Crippen LogP contribution in [0.1, 0.15) is 30.4 Å². The number of carbonyl (C=O) groups is 2. The highest BCUT2D eigenvalue weighted by atomic mass is 16.4. The summed E-state index contributed by atoms with van der Waals surface area (Å²) in [7, 11) is 1.52. The van der Waals surface area contributed by atoms with Crippen LogP contribution in [-0.2, 0) is 4.79 Å². The Bertz CT molecular complexity index is 400. The molecule has 2 unspecified atom stereocenters. The van der Waals surface area contributed by atoms with E-state index in [9.17, 15) is 9.59 Å². The fourth-order valence-electron chi connectivity index (χ4n) is 1.25. The van der Waals surface area contributed by atoms with Gasteiger partial charge in [-0.1, -0.05) is 0 Å². The molecule has 0 fully saturated rings. The summed E-state index contributed by atoms with van der Waals surface area (Å²) in [6.45, 7) is 3.35. The number of nitrogens with one attached hydrogen (secondary N) is 1. The smallest absolute Gasteiger partial charge is 0.308 e. The van der Waals surface area contributed by atoms with Gasteiger partial charge in [-0.15, -0.1) is 0 Å². The van der Waals surface area contributed by atoms with Crippen LogP contribution < -0.4 is 5.32 Å². The number of amides is 1. The molecule has 0 radical (unpaired) electrons. The molecule has 1 amide bonds. The second-order valence-corrected chi connectivity index (χ2v) is 3.63. The SMILES string of the molecule is CNC(=O)c1ccn(C(C)C(C)C(=O)O)n1. The van der Waals surface area contributed by atoms with Crippen molar-refractivity contribution in [1.29, 1.82) is 0 Å². The molecule has 0 bridgehead atoms. The summed E-state index contributed by atoms with van der Waals surface area (Å²) in [6, 6.07) is 1.26. The average Bonchev–Trinajstić information content (AvgIpc) is 2.75. The van der Waals surface area contributed by atoms with Gasteiger partial charge < -0.3 is 10.4 Å². The largest absolute Gasteiger partial charge is 0.481 e. The number of rotatable bonds is 4. The molecule has 88 valence electrons. The molecule has 0 saturated carbocycles. The predicted octanol–water partition coefficient (Wildman–Crippen LogP) is 0.524. The number of nitrogens with zero attached hydrogens (tertiary/aromatic N) is 2. The van der Waals surface area contributed by atoms with E-state index in [0.717, 1.165) is 0 Å². The number of carboxylic acids is 1. The minimum Gasteiger partial charge on any atom is -0.481 e. The lowest BCUT2D eigenvalue weighted by molar-refractivity contribution is -0.142. The van der Waals surface area contributed by atoms with Gasteiger partial charge in [-0.05, 0) is 19.9 Å². The van der Waals surface area contributed by atoms with E-state index in [4.69, 9.17) is 5.11 Å². The van der Waals surface area contributed by atoms with Crippen molar-refractivity contribution >= 4 is 11.9 Å². The van der Waals surface area contributed by atoms with Crippen LogP contribution in [0.25, 0.3) is 0 Å². The summed E-state index contributed by atoms with van der Waals surface area (Å²) in [6.07, 6.45) is 1.61. The lowest BCUT2D eigenvalue weighted by Gasteiger charge is -2.16. The number of hydrogen-bond acceptors (Lipinski definition) is 3. The summed E-state index contributed by atoms with van der Waals surface area (Å²) in [5.41, 5.74) is 0.284. The van der Waals surface area contributed by atoms with Crippen molar-refractivity contribution in [2.45, 2.75) is 19.9 Å². The van der Waals surface area contributed by atoms with Crippen molar-refractivity contribution in [3.63, 3.8) is 0 Å². The third kappa shape index (κ3) is 2.39. The van der Waals surface area contributed by atoms with Crippen LogP contribution in [0.4, 0.5) is 0 Å². The van der Waals surface area contributed by atoms with Crippen molar-refractivity contribution in [2.75, 3.05) is 7.05 Å². The Balaban J connectivity index is 2.85. The fourth-order valence-corrected chi connectivity index (χ4v) is 1.25. The quantitative estimate of drug-likeness (QED) is 0.782. The topological polar surface area (TPSA) is 84.2 Å². The zero-order valence-electron chi connectivity index (χ0n) is 9.47. The van der Waals surface area contributed by atoms with Gasteiger partial charge in [-0.3, -0.25) is 14.3 Å². The van der Waals surface area contributed by atoms with Gasteiger partial charge in [-0.2, -0.15) is 5.10 Å². The molecule has 1 aromatic rings. The van der Waals surface area contributed by atoms with Crippen LogP contribution in [0.5, 0.6) is 0 Å². The Labute approximate surface area is 93.3 Å². The van der Waals surface area contributed by atoms with Crippen molar-refractivity contribution in [3.05, 3.63) is 18.0 Å². The molecule has 0 aliphatic carbocycles. The second-order valence-electron chi connectivity index (χ2n) is 3.63. The number of carboxylic acid groups (broad SMARTS) is 1. The number of aliphatic carboxylic acids is 1. The van der Waals surface area contributed by atoms with E-state index < -0.39 is 11.9 Å². The first-order valence-corrected chi connectivity index (χ1v) is 4.97. The van der Waals surface area contributed by atoms with E-state index in [0.29, 0.717) is 0 Å². The van der Waals surface area contributed by atoms with E-state index in [-0.39, 0.29) is 17.6 Å². The van der Waals surface area contributed by atoms with Gasteiger partial charge in [0.1, 0.15) is 5.69 Å². The first-order valence-electron chi connectivity index (χ1n) is 4.97. The maximum atomic E-state index is 11.2. The maximum Gasteiger partial charge on any atom is 0.308 e. The highest BCUT2D eigenvalue weighted by Gasteiger charge is 2.22. The van der Waals surface area contributed by atoms with E-state index in [1.54, 1.807) is 26.1 Å². The van der Waals surface area contributed by atoms with Crippen LogP contribution in [0.2, 0.25) is 0 Å². The molecule has 1 rings (SSSR count). The normalized spacial score (nSPS) is 14.2. The summed E-state index contributed by atoms with van der Waals surface area (Å²) in [5.74, 6) is -1.73. The van der Waals surface area contributed by atoms with Gasteiger partial charge >= 0.3 is 5.97 Å². The summed E-state index contributed by atoms with van der Waals surface area (Å²) < 4.78 is 1.49. The standard InChI is InChI=1S/C10H15N3O3/c1-6(10(15)16)7(2)13-5-4-8(12-13)9(14)11-3/h4-7H,1-3H3,(H,11,14)(H,15,16). The molecule has 6 heteroatoms. The lowest BCUT2D eigenvalue weighted by Crippen LogP contribution is -2.23. The molecule has 16 heavy (non-hydrogen) atoms. The Kier molecular flexibility index (Phi) is 3.65. The van der Waals surface area contributed by atoms with Gasteiger partial charge in [-0.25, -0.2) is 0 Å². The van der Waals surface area contributed by atoms with Gasteiger partial charge in [0.05, 0.1) is 12.0 Å². The minimum atomic E-state index is -0.885. The third-order valence-electron chi connectivity index (χ3n) is 2.60. The number of aromatic nitrogens is 2. The molecule has 0 spiro atoms. The van der Waals surface area contributed by atoms with Crippen LogP contribution in [0.3, 0.4) is 0 Å². The molecule has 1 aromatic heterocycles. The summed E-state index contributed by atoms with van der Waals surface area (Å²) >= 11 is 0. The molecular weight excluding hydrogens is 210 g/mol. The Morgan fingerprint density at radius 2 is 2.12 bits per heavy atom. The van der Waals surface area contributed by atoms with Gasteiger partial charge in [0.2, 0.25) is 0 Å². The first kappa shape index (κ1) is 12.2. The molecular formula is C10H15N3O3. The Morgan fingerprint density at radius 3 is 2.62 bits per heavy atom. The average molecular weight is 225 g/mol. The van der Waals surface area contributed by atoms with E-state index in [2.05, 4.69) is 10.4 Å². The van der Waals surface area contributed by atoms with Gasteiger partial charge in [0, 0.05) is 13.2 Å². The first-order chi connectivity index (χ1) is 7.47. The minimum absolute atomic E-state index is 0.283. The Hall–Kier alpha value is -1.85. The summed E-state index contributed by atoms with van der Waals surface area (Å²) in [5, 5.41) is 15.3. The number of carbonyl (C=O) groups excluding carboxylic acids is 1. The molecule has 0 aliphatic rings. The second kappa shape index (κ2) is 4.78. The predicted molar refractivity (Wildman–Crippen MR) is 57.1 cm³/mol. The summed E-state index contributed by atoms with van der Waals surface area (Å²) in [4.78, 5) is 22.0. The van der Waals surface area contributed by atoms with Crippen molar-refractivity contribution < 1.29 is 14.7 Å². The lowest BCUT2D eigenvalue weighted by atomic mass is 10.1. The molecule has 2 N–H and O–H groups in total. The van der Waals surface area contributed by atoms with Crippen LogP contribution in [-0.4, -0.2) is 33.8 Å². The van der Waals surface area contributed by atoms with Crippen molar-refractivity contribution in [1.82, 2.24) is 15.1 Å². The highest BCUT2D eigenvalue weighted by molar-refractivity contribution is 5.91.